The Morgan fingerprint density at radius 2 is 2.00 bits per heavy atom. The van der Waals surface area contributed by atoms with Gasteiger partial charge in [0.15, 0.2) is 0 Å². The van der Waals surface area contributed by atoms with E-state index < -0.39 is 13.0 Å². The van der Waals surface area contributed by atoms with Crippen molar-refractivity contribution in [2.45, 2.75) is 11.5 Å². The van der Waals surface area contributed by atoms with E-state index in [-0.39, 0.29) is 59.1 Å². The first-order chi connectivity index (χ1) is 4.15. The molecule has 54 valence electrons. The molecule has 1 aliphatic rings. The first-order valence-electron chi connectivity index (χ1n) is 2.69. The molecule has 0 bridgehead atoms. The SMILES string of the molecule is CC1(P([O-])[O-])NCCS1.[Na+].[Na+]. The van der Waals surface area contributed by atoms with E-state index in [0.29, 0.717) is 0 Å². The van der Waals surface area contributed by atoms with Gasteiger partial charge in [-0.15, -0.1) is 11.8 Å². The van der Waals surface area contributed by atoms with Gasteiger partial charge in [-0.25, -0.2) is 0 Å². The van der Waals surface area contributed by atoms with Crippen molar-refractivity contribution >= 4 is 20.1 Å². The molecule has 11 heavy (non-hydrogen) atoms. The van der Waals surface area contributed by atoms with E-state index in [2.05, 4.69) is 5.32 Å². The molecule has 0 spiro atoms. The quantitative estimate of drug-likeness (QED) is 0.346. The van der Waals surface area contributed by atoms with Crippen molar-refractivity contribution in [2.24, 2.45) is 0 Å². The molecule has 0 aliphatic carbocycles. The molecule has 1 atom stereocenters. The van der Waals surface area contributed by atoms with Gasteiger partial charge in [0.05, 0.1) is 4.61 Å². The minimum atomic E-state index is -2.33. The average molecular weight is 211 g/mol. The number of rotatable bonds is 1. The fourth-order valence-corrected chi connectivity index (χ4v) is 2.44. The van der Waals surface area contributed by atoms with E-state index in [4.69, 9.17) is 0 Å². The van der Waals surface area contributed by atoms with Crippen LogP contribution in [0.2, 0.25) is 0 Å². The summed E-state index contributed by atoms with van der Waals surface area (Å²) in [5.41, 5.74) is 0. The molecule has 0 aromatic rings. The second-order valence-electron chi connectivity index (χ2n) is 2.02. The van der Waals surface area contributed by atoms with Crippen molar-refractivity contribution in [1.82, 2.24) is 5.32 Å². The van der Waals surface area contributed by atoms with Gasteiger partial charge in [-0.1, -0.05) is 0 Å². The van der Waals surface area contributed by atoms with Gasteiger partial charge in [-0.2, -0.15) is 0 Å². The smallest absolute Gasteiger partial charge is 0.840 e. The van der Waals surface area contributed by atoms with Crippen molar-refractivity contribution in [2.75, 3.05) is 12.3 Å². The van der Waals surface area contributed by atoms with Crippen LogP contribution in [-0.2, 0) is 0 Å². The van der Waals surface area contributed by atoms with Gasteiger partial charge in [0.2, 0.25) is 0 Å². The summed E-state index contributed by atoms with van der Waals surface area (Å²) >= 11 is 1.45. The van der Waals surface area contributed by atoms with Crippen LogP contribution in [0.1, 0.15) is 6.92 Å². The normalized spacial score (nSPS) is 29.5. The van der Waals surface area contributed by atoms with E-state index in [1.807, 2.05) is 0 Å². The van der Waals surface area contributed by atoms with Gasteiger partial charge < -0.3 is 15.1 Å². The summed E-state index contributed by atoms with van der Waals surface area (Å²) in [6.07, 6.45) is 0. The Kier molecular flexibility index (Phi) is 10.3. The third-order valence-electron chi connectivity index (χ3n) is 1.29. The molecule has 7 heteroatoms. The molecule has 3 nitrogen and oxygen atoms in total. The minimum absolute atomic E-state index is 0. The molecule has 1 aliphatic heterocycles. The van der Waals surface area contributed by atoms with Crippen molar-refractivity contribution in [3.8, 4) is 0 Å². The van der Waals surface area contributed by atoms with E-state index in [0.717, 1.165) is 12.3 Å². The zero-order chi connectivity index (χ0) is 6.91. The van der Waals surface area contributed by atoms with Gasteiger partial charge in [-0.3, -0.25) is 8.38 Å². The van der Waals surface area contributed by atoms with Crippen molar-refractivity contribution in [3.05, 3.63) is 0 Å². The predicted octanol–water partition coefficient (Wildman–Crippen LogP) is -6.96. The van der Waals surface area contributed by atoms with Crippen LogP contribution in [-0.4, -0.2) is 16.9 Å². The maximum absolute atomic E-state index is 10.5. The Hall–Kier alpha value is 2.66. The number of hydrogen-bond acceptors (Lipinski definition) is 4. The molecular weight excluding hydrogens is 203 g/mol. The fraction of sp³-hybridized carbons (Fsp3) is 1.00. The largest absolute Gasteiger partial charge is 1.00 e. The van der Waals surface area contributed by atoms with E-state index in [1.165, 1.54) is 11.8 Å². The Labute approximate surface area is 117 Å². The molecule has 1 fully saturated rings. The third-order valence-corrected chi connectivity index (χ3v) is 4.09. The molecule has 0 aromatic heterocycles. The topological polar surface area (TPSA) is 58.1 Å². The molecule has 0 aromatic carbocycles. The summed E-state index contributed by atoms with van der Waals surface area (Å²) in [5.74, 6) is 0.889. The van der Waals surface area contributed by atoms with Crippen LogP contribution < -0.4 is 74.2 Å². The monoisotopic (exact) mass is 211 g/mol. The molecule has 1 unspecified atom stereocenters. The van der Waals surface area contributed by atoms with Crippen LogP contribution in [0.25, 0.3) is 0 Å². The van der Waals surface area contributed by atoms with E-state index in [9.17, 15) is 9.79 Å². The second kappa shape index (κ2) is 7.02. The molecule has 1 saturated heterocycles. The number of thioether (sulfide) groups is 1. The molecule has 1 rings (SSSR count). The standard InChI is InChI=1S/C4H8NO2PS.2Na/c1-4(8(6)7)5-2-3-9-4;;/h5H,2-3H2,1H3;;/q-2;2*+1. The van der Waals surface area contributed by atoms with Crippen molar-refractivity contribution < 1.29 is 68.9 Å². The fourth-order valence-electron chi connectivity index (χ4n) is 0.701. The zero-order valence-corrected chi connectivity index (χ0v) is 12.8. The van der Waals surface area contributed by atoms with Crippen molar-refractivity contribution in [1.29, 1.82) is 0 Å². The molecule has 0 radical (unpaired) electrons. The third kappa shape index (κ3) is 4.61. The van der Waals surface area contributed by atoms with Gasteiger partial charge in [0, 0.05) is 12.3 Å². The first-order valence-corrected chi connectivity index (χ1v) is 4.85. The molecule has 1 N–H and O–H groups in total. The van der Waals surface area contributed by atoms with Gasteiger partial charge >= 0.3 is 59.1 Å². The van der Waals surface area contributed by atoms with Crippen molar-refractivity contribution in [3.63, 3.8) is 0 Å². The molecule has 0 amide bonds. The minimum Gasteiger partial charge on any atom is -0.840 e. The summed E-state index contributed by atoms with van der Waals surface area (Å²) < 4.78 is -0.685. The van der Waals surface area contributed by atoms with E-state index in [1.54, 1.807) is 6.92 Å². The van der Waals surface area contributed by atoms with Gasteiger partial charge in [0.25, 0.3) is 0 Å². The van der Waals surface area contributed by atoms with Gasteiger partial charge in [0.1, 0.15) is 0 Å². The Balaban J connectivity index is 0. The zero-order valence-electron chi connectivity index (χ0n) is 7.09. The number of hydrogen-bond donors (Lipinski definition) is 1. The summed E-state index contributed by atoms with van der Waals surface area (Å²) in [6.45, 7) is 2.49. The molecule has 0 saturated carbocycles. The summed E-state index contributed by atoms with van der Waals surface area (Å²) in [7, 11) is -2.33. The van der Waals surface area contributed by atoms with Crippen LogP contribution in [0, 0.1) is 0 Å². The molecular formula is C4H8NNa2O2PS. The maximum atomic E-state index is 10.5. The summed E-state index contributed by atoms with van der Waals surface area (Å²) in [5, 5.41) is 2.90. The van der Waals surface area contributed by atoms with Crippen LogP contribution in [0.4, 0.5) is 0 Å². The van der Waals surface area contributed by atoms with Crippen LogP contribution in [0.15, 0.2) is 0 Å². The number of nitrogens with one attached hydrogen (secondary N) is 1. The Bertz CT molecular complexity index is 112. The Morgan fingerprint density at radius 1 is 1.45 bits per heavy atom. The average Bonchev–Trinajstić information content (AvgIpc) is 2.16. The second-order valence-corrected chi connectivity index (χ2v) is 5.24. The van der Waals surface area contributed by atoms with Gasteiger partial charge in [-0.05, 0) is 6.92 Å². The summed E-state index contributed by atoms with van der Waals surface area (Å²) in [4.78, 5) is 21.0. The summed E-state index contributed by atoms with van der Waals surface area (Å²) in [6, 6.07) is 0. The predicted molar refractivity (Wildman–Crippen MR) is 35.8 cm³/mol. The first kappa shape index (κ1) is 16.1. The van der Waals surface area contributed by atoms with Crippen LogP contribution in [0.5, 0.6) is 0 Å². The van der Waals surface area contributed by atoms with Crippen LogP contribution in [0.3, 0.4) is 0 Å². The molecule has 1 heterocycles. The Morgan fingerprint density at radius 3 is 2.18 bits per heavy atom. The van der Waals surface area contributed by atoms with Crippen LogP contribution >= 0.6 is 20.1 Å². The maximum Gasteiger partial charge on any atom is 1.00 e. The van der Waals surface area contributed by atoms with E-state index >= 15 is 0 Å².